The Morgan fingerprint density at radius 3 is 2.64 bits per heavy atom. The van der Waals surface area contributed by atoms with Crippen LogP contribution in [0.5, 0.6) is 0 Å². The Bertz CT molecular complexity index is 183. The Kier molecular flexibility index (Phi) is 5.33. The number of thiol groups is 1. The molecular formula is C10H19NO2S. The lowest BCUT2D eigenvalue weighted by atomic mass is 9.91. The highest BCUT2D eigenvalue weighted by molar-refractivity contribution is 7.80. The standard InChI is InChI=1S/C10H19NO2S/c12-7-2-6-11(9-3-1-4-9)10(13)5-8-14/h9,12,14H,1-8H2. The lowest BCUT2D eigenvalue weighted by molar-refractivity contribution is -0.134. The molecule has 1 saturated carbocycles. The van der Waals surface area contributed by atoms with Crippen LogP contribution in [-0.4, -0.2) is 40.9 Å². The van der Waals surface area contributed by atoms with E-state index >= 15 is 0 Å². The number of hydrogen-bond donors (Lipinski definition) is 2. The van der Waals surface area contributed by atoms with Gasteiger partial charge in [-0.2, -0.15) is 12.6 Å². The number of amides is 1. The first-order valence-corrected chi connectivity index (χ1v) is 5.94. The lowest BCUT2D eigenvalue weighted by Crippen LogP contribution is -2.45. The van der Waals surface area contributed by atoms with Gasteiger partial charge in [0, 0.05) is 25.6 Å². The molecule has 1 amide bonds. The summed E-state index contributed by atoms with van der Waals surface area (Å²) in [7, 11) is 0. The minimum atomic E-state index is 0.164. The van der Waals surface area contributed by atoms with Gasteiger partial charge in [-0.15, -0.1) is 0 Å². The van der Waals surface area contributed by atoms with E-state index in [9.17, 15) is 4.79 Å². The zero-order valence-corrected chi connectivity index (χ0v) is 9.38. The third-order valence-electron chi connectivity index (χ3n) is 2.72. The second-order valence-corrected chi connectivity index (χ2v) is 4.17. The molecule has 14 heavy (non-hydrogen) atoms. The van der Waals surface area contributed by atoms with Gasteiger partial charge >= 0.3 is 0 Å². The van der Waals surface area contributed by atoms with E-state index < -0.39 is 0 Å². The molecule has 0 spiro atoms. The molecule has 82 valence electrons. The summed E-state index contributed by atoms with van der Waals surface area (Å²) in [4.78, 5) is 13.6. The minimum absolute atomic E-state index is 0.164. The molecule has 1 fully saturated rings. The van der Waals surface area contributed by atoms with Crippen molar-refractivity contribution in [2.24, 2.45) is 0 Å². The number of carbonyl (C=O) groups excluding carboxylic acids is 1. The molecule has 0 saturated heterocycles. The Morgan fingerprint density at radius 1 is 1.50 bits per heavy atom. The van der Waals surface area contributed by atoms with Gasteiger partial charge in [0.2, 0.25) is 5.91 Å². The molecule has 1 N–H and O–H groups in total. The molecule has 3 nitrogen and oxygen atoms in total. The summed E-state index contributed by atoms with van der Waals surface area (Å²) in [5.41, 5.74) is 0. The van der Waals surface area contributed by atoms with Crippen molar-refractivity contribution in [3.63, 3.8) is 0 Å². The summed E-state index contributed by atoms with van der Waals surface area (Å²) >= 11 is 4.06. The zero-order chi connectivity index (χ0) is 10.4. The number of hydrogen-bond acceptors (Lipinski definition) is 3. The van der Waals surface area contributed by atoms with E-state index in [0.717, 1.165) is 12.8 Å². The highest BCUT2D eigenvalue weighted by atomic mass is 32.1. The van der Waals surface area contributed by atoms with Gasteiger partial charge in [-0.25, -0.2) is 0 Å². The van der Waals surface area contributed by atoms with E-state index in [1.54, 1.807) is 0 Å². The second kappa shape index (κ2) is 6.30. The Morgan fingerprint density at radius 2 is 2.21 bits per heavy atom. The molecule has 0 aromatic carbocycles. The van der Waals surface area contributed by atoms with Crippen LogP contribution in [0.15, 0.2) is 0 Å². The first kappa shape index (κ1) is 11.9. The molecule has 1 aliphatic rings. The molecule has 0 unspecified atom stereocenters. The van der Waals surface area contributed by atoms with Crippen molar-refractivity contribution in [3.8, 4) is 0 Å². The summed E-state index contributed by atoms with van der Waals surface area (Å²) in [6.45, 7) is 0.866. The Labute approximate surface area is 90.9 Å². The predicted molar refractivity (Wildman–Crippen MR) is 59.5 cm³/mol. The first-order valence-electron chi connectivity index (χ1n) is 5.30. The summed E-state index contributed by atoms with van der Waals surface area (Å²) in [5.74, 6) is 0.805. The second-order valence-electron chi connectivity index (χ2n) is 3.72. The topological polar surface area (TPSA) is 40.5 Å². The monoisotopic (exact) mass is 217 g/mol. The maximum absolute atomic E-state index is 11.7. The molecule has 0 atom stereocenters. The van der Waals surface area contributed by atoms with Crippen molar-refractivity contribution in [3.05, 3.63) is 0 Å². The fourth-order valence-corrected chi connectivity index (χ4v) is 1.88. The van der Waals surface area contributed by atoms with Gasteiger partial charge in [-0.1, -0.05) is 0 Å². The van der Waals surface area contributed by atoms with Crippen LogP contribution in [0.25, 0.3) is 0 Å². The summed E-state index contributed by atoms with van der Waals surface area (Å²) in [6, 6.07) is 0.439. The van der Waals surface area contributed by atoms with Gasteiger partial charge < -0.3 is 10.0 Å². The van der Waals surface area contributed by atoms with Crippen molar-refractivity contribution in [2.45, 2.75) is 38.1 Å². The van der Waals surface area contributed by atoms with E-state index in [0.29, 0.717) is 31.2 Å². The largest absolute Gasteiger partial charge is 0.396 e. The van der Waals surface area contributed by atoms with E-state index in [1.165, 1.54) is 6.42 Å². The van der Waals surface area contributed by atoms with Gasteiger partial charge in [0.25, 0.3) is 0 Å². The number of aliphatic hydroxyl groups excluding tert-OH is 1. The van der Waals surface area contributed by atoms with Gasteiger partial charge in [0.05, 0.1) is 0 Å². The zero-order valence-electron chi connectivity index (χ0n) is 8.48. The van der Waals surface area contributed by atoms with Crippen molar-refractivity contribution < 1.29 is 9.90 Å². The SMILES string of the molecule is O=C(CCS)N(CCCO)C1CCC1. The highest BCUT2D eigenvalue weighted by Crippen LogP contribution is 2.25. The van der Waals surface area contributed by atoms with E-state index in [-0.39, 0.29) is 12.5 Å². The van der Waals surface area contributed by atoms with Gasteiger partial charge in [-0.05, 0) is 31.4 Å². The van der Waals surface area contributed by atoms with Crippen LogP contribution in [0.4, 0.5) is 0 Å². The minimum Gasteiger partial charge on any atom is -0.396 e. The summed E-state index contributed by atoms with van der Waals surface area (Å²) < 4.78 is 0. The molecule has 0 aromatic heterocycles. The van der Waals surface area contributed by atoms with Crippen LogP contribution >= 0.6 is 12.6 Å². The fraction of sp³-hybridized carbons (Fsp3) is 0.900. The average molecular weight is 217 g/mol. The third kappa shape index (κ3) is 3.17. The molecule has 0 radical (unpaired) electrons. The van der Waals surface area contributed by atoms with Crippen molar-refractivity contribution in [1.82, 2.24) is 4.90 Å². The normalized spacial score (nSPS) is 16.4. The number of nitrogens with zero attached hydrogens (tertiary/aromatic N) is 1. The lowest BCUT2D eigenvalue weighted by Gasteiger charge is -2.37. The number of aliphatic hydroxyl groups is 1. The first-order chi connectivity index (χ1) is 6.79. The van der Waals surface area contributed by atoms with Crippen LogP contribution in [0.1, 0.15) is 32.1 Å². The molecule has 4 heteroatoms. The maximum atomic E-state index is 11.7. The average Bonchev–Trinajstić information content (AvgIpc) is 2.09. The van der Waals surface area contributed by atoms with Crippen molar-refractivity contribution in [1.29, 1.82) is 0 Å². The van der Waals surface area contributed by atoms with E-state index in [4.69, 9.17) is 5.11 Å². The van der Waals surface area contributed by atoms with E-state index in [2.05, 4.69) is 12.6 Å². The van der Waals surface area contributed by atoms with Crippen LogP contribution in [-0.2, 0) is 4.79 Å². The molecule has 1 aliphatic carbocycles. The smallest absolute Gasteiger partial charge is 0.223 e. The predicted octanol–water partition coefficient (Wildman–Crippen LogP) is 1.07. The van der Waals surface area contributed by atoms with Crippen LogP contribution in [0.3, 0.4) is 0 Å². The van der Waals surface area contributed by atoms with Crippen LogP contribution in [0, 0.1) is 0 Å². The third-order valence-corrected chi connectivity index (χ3v) is 2.94. The maximum Gasteiger partial charge on any atom is 0.223 e. The molecule has 1 rings (SSSR count). The molecular weight excluding hydrogens is 198 g/mol. The number of carbonyl (C=O) groups is 1. The van der Waals surface area contributed by atoms with Crippen LogP contribution in [0.2, 0.25) is 0 Å². The van der Waals surface area contributed by atoms with Gasteiger partial charge in [-0.3, -0.25) is 4.79 Å². The van der Waals surface area contributed by atoms with Crippen molar-refractivity contribution in [2.75, 3.05) is 18.9 Å². The molecule has 0 heterocycles. The molecule has 0 aromatic rings. The van der Waals surface area contributed by atoms with Gasteiger partial charge in [0.1, 0.15) is 0 Å². The fourth-order valence-electron chi connectivity index (χ4n) is 1.69. The van der Waals surface area contributed by atoms with Crippen molar-refractivity contribution >= 4 is 18.5 Å². The van der Waals surface area contributed by atoms with E-state index in [1.807, 2.05) is 4.90 Å². The Hall–Kier alpha value is -0.220. The summed E-state index contributed by atoms with van der Waals surface area (Å²) in [5, 5.41) is 8.75. The quantitative estimate of drug-likeness (QED) is 0.653. The number of rotatable bonds is 6. The molecule has 0 aliphatic heterocycles. The Balaban J connectivity index is 2.38. The highest BCUT2D eigenvalue weighted by Gasteiger charge is 2.27. The van der Waals surface area contributed by atoms with Crippen LogP contribution < -0.4 is 0 Å². The summed E-state index contributed by atoms with van der Waals surface area (Å²) in [6.07, 6.45) is 4.70. The van der Waals surface area contributed by atoms with Gasteiger partial charge in [0.15, 0.2) is 0 Å². The molecule has 0 bridgehead atoms.